The molecule has 0 aliphatic carbocycles. The van der Waals surface area contributed by atoms with E-state index in [2.05, 4.69) is 62.7 Å². The van der Waals surface area contributed by atoms with Crippen LogP contribution in [0.3, 0.4) is 0 Å². The fourth-order valence-corrected chi connectivity index (χ4v) is 4.54. The van der Waals surface area contributed by atoms with Gasteiger partial charge in [-0.1, -0.05) is 70.2 Å². The number of anilines is 2. The molecule has 158 valence electrons. The van der Waals surface area contributed by atoms with Crippen molar-refractivity contribution >= 4 is 28.1 Å². The number of aromatic nitrogens is 1. The summed E-state index contributed by atoms with van der Waals surface area (Å²) >= 11 is 1.52. The van der Waals surface area contributed by atoms with E-state index in [0.29, 0.717) is 17.9 Å². The van der Waals surface area contributed by atoms with Gasteiger partial charge in [0.25, 0.3) is 0 Å². The SMILES string of the molecule is CC(=O)N(c1ccccc1)c1nc(C[NH2+][C@@H](c2ccc(C(C)C)cc2)C(C)C)cs1. The van der Waals surface area contributed by atoms with Crippen LogP contribution in [0, 0.1) is 5.92 Å². The fraction of sp³-hybridized carbons (Fsp3) is 0.360. The van der Waals surface area contributed by atoms with E-state index in [4.69, 9.17) is 4.98 Å². The minimum atomic E-state index is -0.0311. The number of para-hydroxylation sites is 1. The highest BCUT2D eigenvalue weighted by atomic mass is 32.1. The van der Waals surface area contributed by atoms with Crippen molar-refractivity contribution in [1.29, 1.82) is 0 Å². The van der Waals surface area contributed by atoms with Gasteiger partial charge in [-0.25, -0.2) is 4.98 Å². The third-order valence-electron chi connectivity index (χ3n) is 5.35. The maximum absolute atomic E-state index is 12.3. The number of benzene rings is 2. The van der Waals surface area contributed by atoms with Crippen molar-refractivity contribution in [2.75, 3.05) is 4.90 Å². The van der Waals surface area contributed by atoms with E-state index in [1.165, 1.54) is 22.5 Å². The number of nitrogens with zero attached hydrogens (tertiary/aromatic N) is 2. The summed E-state index contributed by atoms with van der Waals surface area (Å²) in [4.78, 5) is 18.7. The Bertz CT molecular complexity index is 948. The zero-order chi connectivity index (χ0) is 21.7. The second kappa shape index (κ2) is 10.0. The van der Waals surface area contributed by atoms with E-state index in [9.17, 15) is 4.79 Å². The van der Waals surface area contributed by atoms with Crippen LogP contribution in [0.4, 0.5) is 10.8 Å². The van der Waals surface area contributed by atoms with E-state index >= 15 is 0 Å². The molecule has 1 heterocycles. The minimum absolute atomic E-state index is 0.0311. The molecule has 3 aromatic rings. The van der Waals surface area contributed by atoms with Crippen molar-refractivity contribution in [3.63, 3.8) is 0 Å². The molecule has 4 nitrogen and oxygen atoms in total. The van der Waals surface area contributed by atoms with Gasteiger partial charge in [-0.2, -0.15) is 0 Å². The van der Waals surface area contributed by atoms with E-state index in [1.807, 2.05) is 30.3 Å². The van der Waals surface area contributed by atoms with Gasteiger partial charge < -0.3 is 5.32 Å². The van der Waals surface area contributed by atoms with Crippen LogP contribution in [0.1, 0.15) is 63.4 Å². The average Bonchev–Trinajstić information content (AvgIpc) is 3.17. The highest BCUT2D eigenvalue weighted by Gasteiger charge is 2.22. The van der Waals surface area contributed by atoms with Gasteiger partial charge in [-0.05, 0) is 23.6 Å². The third kappa shape index (κ3) is 5.35. The number of quaternary nitrogens is 1. The smallest absolute Gasteiger partial charge is 0.230 e. The van der Waals surface area contributed by atoms with Crippen molar-refractivity contribution in [3.8, 4) is 0 Å². The molecule has 30 heavy (non-hydrogen) atoms. The molecule has 5 heteroatoms. The first-order chi connectivity index (χ1) is 14.4. The maximum atomic E-state index is 12.3. The van der Waals surface area contributed by atoms with Crippen LogP contribution >= 0.6 is 11.3 Å². The minimum Gasteiger partial charge on any atom is -0.335 e. The average molecular weight is 423 g/mol. The van der Waals surface area contributed by atoms with Crippen molar-refractivity contribution in [2.24, 2.45) is 5.92 Å². The standard InChI is InChI=1S/C25H31N3OS/c1-17(2)20-11-13-21(14-12-20)24(18(3)4)26-15-22-16-30-25(27-22)28(19(5)29)23-9-7-6-8-10-23/h6-14,16-18,24,26H,15H2,1-5H3/p+1/t24-/m1/s1. The van der Waals surface area contributed by atoms with Gasteiger partial charge in [0, 0.05) is 23.8 Å². The summed E-state index contributed by atoms with van der Waals surface area (Å²) in [5.74, 6) is 1.02. The quantitative estimate of drug-likeness (QED) is 0.527. The first-order valence-electron chi connectivity index (χ1n) is 10.6. The summed E-state index contributed by atoms with van der Waals surface area (Å²) in [5.41, 5.74) is 4.57. The normalized spacial score (nSPS) is 12.4. The predicted octanol–water partition coefficient (Wildman–Crippen LogP) is 5.41. The second-order valence-electron chi connectivity index (χ2n) is 8.34. The summed E-state index contributed by atoms with van der Waals surface area (Å²) < 4.78 is 0. The Morgan fingerprint density at radius 3 is 2.20 bits per heavy atom. The largest absolute Gasteiger partial charge is 0.335 e. The van der Waals surface area contributed by atoms with Gasteiger partial charge in [0.1, 0.15) is 18.3 Å². The molecule has 2 aromatic carbocycles. The number of amides is 1. The molecule has 0 aliphatic heterocycles. The molecule has 3 rings (SSSR count). The topological polar surface area (TPSA) is 49.8 Å². The molecule has 2 N–H and O–H groups in total. The number of carbonyl (C=O) groups is 1. The van der Waals surface area contributed by atoms with E-state index in [0.717, 1.165) is 23.1 Å². The number of rotatable bonds is 8. The third-order valence-corrected chi connectivity index (χ3v) is 6.22. The summed E-state index contributed by atoms with van der Waals surface area (Å²) in [6, 6.07) is 19.1. The molecule has 0 unspecified atom stereocenters. The summed E-state index contributed by atoms with van der Waals surface area (Å²) in [6.45, 7) is 11.3. The van der Waals surface area contributed by atoms with Crippen LogP contribution in [0.5, 0.6) is 0 Å². The number of carbonyl (C=O) groups excluding carboxylic acids is 1. The molecule has 0 fully saturated rings. The monoisotopic (exact) mass is 422 g/mol. The highest BCUT2D eigenvalue weighted by Crippen LogP contribution is 2.28. The highest BCUT2D eigenvalue weighted by molar-refractivity contribution is 7.14. The van der Waals surface area contributed by atoms with Crippen LogP contribution in [0.15, 0.2) is 60.0 Å². The Hall–Kier alpha value is -2.50. The van der Waals surface area contributed by atoms with Crippen molar-refractivity contribution in [2.45, 2.75) is 53.1 Å². The van der Waals surface area contributed by atoms with Crippen molar-refractivity contribution in [3.05, 3.63) is 76.8 Å². The van der Waals surface area contributed by atoms with Gasteiger partial charge in [-0.3, -0.25) is 9.69 Å². The molecule has 0 spiro atoms. The number of thiazole rings is 1. The van der Waals surface area contributed by atoms with Crippen LogP contribution in [-0.2, 0) is 11.3 Å². The van der Waals surface area contributed by atoms with Crippen molar-refractivity contribution < 1.29 is 10.1 Å². The van der Waals surface area contributed by atoms with Crippen LogP contribution in [-0.4, -0.2) is 10.9 Å². The Balaban J connectivity index is 1.73. The molecule has 0 saturated heterocycles. The van der Waals surface area contributed by atoms with Crippen molar-refractivity contribution in [1.82, 2.24) is 4.98 Å². The molecular weight excluding hydrogens is 390 g/mol. The summed E-state index contributed by atoms with van der Waals surface area (Å²) in [6.07, 6.45) is 0. The Labute approximate surface area is 184 Å². The molecule has 1 aromatic heterocycles. The first-order valence-corrected chi connectivity index (χ1v) is 11.5. The van der Waals surface area contributed by atoms with Gasteiger partial charge in [0.2, 0.25) is 5.91 Å². The molecule has 0 saturated carbocycles. The van der Waals surface area contributed by atoms with Crippen LogP contribution in [0.25, 0.3) is 0 Å². The van der Waals surface area contributed by atoms with E-state index in [1.54, 1.807) is 11.8 Å². The van der Waals surface area contributed by atoms with Gasteiger partial charge >= 0.3 is 0 Å². The van der Waals surface area contributed by atoms with E-state index < -0.39 is 0 Å². The summed E-state index contributed by atoms with van der Waals surface area (Å²) in [7, 11) is 0. The molecular formula is C25H32N3OS+. The van der Waals surface area contributed by atoms with E-state index in [-0.39, 0.29) is 5.91 Å². The molecule has 1 atom stereocenters. The van der Waals surface area contributed by atoms with Crippen LogP contribution < -0.4 is 10.2 Å². The molecule has 0 bridgehead atoms. The lowest BCUT2D eigenvalue weighted by Crippen LogP contribution is -2.84. The maximum Gasteiger partial charge on any atom is 0.230 e. The second-order valence-corrected chi connectivity index (χ2v) is 9.18. The lowest BCUT2D eigenvalue weighted by molar-refractivity contribution is -0.717. The summed E-state index contributed by atoms with van der Waals surface area (Å²) in [5, 5.41) is 5.14. The van der Waals surface area contributed by atoms with Gasteiger partial charge in [0.15, 0.2) is 5.13 Å². The molecule has 0 radical (unpaired) electrons. The van der Waals surface area contributed by atoms with Crippen LogP contribution in [0.2, 0.25) is 0 Å². The zero-order valence-corrected chi connectivity index (χ0v) is 19.3. The Morgan fingerprint density at radius 2 is 1.63 bits per heavy atom. The fourth-order valence-electron chi connectivity index (χ4n) is 3.64. The Kier molecular flexibility index (Phi) is 7.40. The predicted molar refractivity (Wildman–Crippen MR) is 125 cm³/mol. The lowest BCUT2D eigenvalue weighted by Gasteiger charge is -2.20. The lowest BCUT2D eigenvalue weighted by atomic mass is 9.93. The first kappa shape index (κ1) is 22.2. The molecule has 1 amide bonds. The number of hydrogen-bond acceptors (Lipinski definition) is 3. The molecule has 0 aliphatic rings. The zero-order valence-electron chi connectivity index (χ0n) is 18.5. The van der Waals surface area contributed by atoms with Gasteiger partial charge in [-0.15, -0.1) is 11.3 Å². The van der Waals surface area contributed by atoms with Gasteiger partial charge in [0.05, 0.1) is 5.69 Å². The number of nitrogens with two attached hydrogens (primary N) is 1. The Morgan fingerprint density at radius 1 is 1.00 bits per heavy atom. The number of hydrogen-bond donors (Lipinski definition) is 1.